The van der Waals surface area contributed by atoms with Crippen molar-refractivity contribution in [3.8, 4) is 0 Å². The van der Waals surface area contributed by atoms with E-state index in [4.69, 9.17) is 0 Å². The molecule has 1 heterocycles. The molecule has 1 aliphatic heterocycles. The van der Waals surface area contributed by atoms with Crippen LogP contribution >= 0.6 is 11.8 Å². The van der Waals surface area contributed by atoms with Crippen molar-refractivity contribution in [2.75, 3.05) is 5.75 Å². The fourth-order valence-electron chi connectivity index (χ4n) is 3.06. The van der Waals surface area contributed by atoms with Gasteiger partial charge in [-0.3, -0.25) is 4.79 Å². The standard InChI is InChI=1S/C19H23NO3S/c1-4-13-15(19(23)24-6-3)14(5-2)20-17(16(13)18(21)22)12-10-8-7-9-11-12/h7-11,13,20H,4-6H2,1-3H3,(H,21,22). The fraction of sp³-hybridized carbons (Fsp3) is 0.368. The van der Waals surface area contributed by atoms with Gasteiger partial charge in [0.2, 0.25) is 5.12 Å². The average molecular weight is 345 g/mol. The van der Waals surface area contributed by atoms with Crippen molar-refractivity contribution >= 4 is 28.5 Å². The zero-order chi connectivity index (χ0) is 17.7. The van der Waals surface area contributed by atoms with Crippen LogP contribution in [-0.4, -0.2) is 21.9 Å². The van der Waals surface area contributed by atoms with Crippen LogP contribution < -0.4 is 5.32 Å². The van der Waals surface area contributed by atoms with E-state index in [9.17, 15) is 14.7 Å². The highest BCUT2D eigenvalue weighted by atomic mass is 32.2. The Labute approximate surface area is 147 Å². The SMILES string of the molecule is CCSC(=O)C1=C(CC)NC(c2ccccc2)=C(C(=O)O)C1CC. The molecule has 0 aliphatic carbocycles. The van der Waals surface area contributed by atoms with E-state index in [1.54, 1.807) is 0 Å². The van der Waals surface area contributed by atoms with Crippen LogP contribution in [0.4, 0.5) is 0 Å². The van der Waals surface area contributed by atoms with Crippen molar-refractivity contribution in [2.24, 2.45) is 5.92 Å². The third-order valence-corrected chi connectivity index (χ3v) is 4.89. The van der Waals surface area contributed by atoms with Gasteiger partial charge in [0.15, 0.2) is 0 Å². The molecule has 0 bridgehead atoms. The summed E-state index contributed by atoms with van der Waals surface area (Å²) in [6.07, 6.45) is 1.24. The largest absolute Gasteiger partial charge is 0.478 e. The third-order valence-electron chi connectivity index (χ3n) is 4.12. The summed E-state index contributed by atoms with van der Waals surface area (Å²) in [5.74, 6) is -0.691. The molecule has 1 aliphatic rings. The van der Waals surface area contributed by atoms with Crippen molar-refractivity contribution in [3.05, 3.63) is 52.7 Å². The maximum atomic E-state index is 12.6. The molecule has 24 heavy (non-hydrogen) atoms. The van der Waals surface area contributed by atoms with E-state index < -0.39 is 5.97 Å². The minimum atomic E-state index is -0.977. The van der Waals surface area contributed by atoms with E-state index in [1.807, 2.05) is 51.1 Å². The summed E-state index contributed by atoms with van der Waals surface area (Å²) in [7, 11) is 0. The Bertz CT molecular complexity index is 692. The number of carbonyl (C=O) groups is 2. The topological polar surface area (TPSA) is 66.4 Å². The molecule has 0 amide bonds. The number of carbonyl (C=O) groups excluding carboxylic acids is 1. The van der Waals surface area contributed by atoms with Gasteiger partial charge in [0.1, 0.15) is 0 Å². The van der Waals surface area contributed by atoms with Gasteiger partial charge in [-0.2, -0.15) is 0 Å². The summed E-state index contributed by atoms with van der Waals surface area (Å²) in [6.45, 7) is 5.83. The first kappa shape index (κ1) is 18.3. The van der Waals surface area contributed by atoms with Crippen LogP contribution in [0.15, 0.2) is 47.2 Å². The molecule has 2 N–H and O–H groups in total. The molecular formula is C19H23NO3S. The van der Waals surface area contributed by atoms with Gasteiger partial charge in [0, 0.05) is 17.2 Å². The molecule has 0 fully saturated rings. The quantitative estimate of drug-likeness (QED) is 0.814. The van der Waals surface area contributed by atoms with Crippen LogP contribution in [0.3, 0.4) is 0 Å². The lowest BCUT2D eigenvalue weighted by Gasteiger charge is -2.31. The number of aliphatic carboxylic acids is 1. The van der Waals surface area contributed by atoms with E-state index in [2.05, 4.69) is 5.32 Å². The Balaban J connectivity index is 2.62. The van der Waals surface area contributed by atoms with Crippen molar-refractivity contribution in [1.29, 1.82) is 0 Å². The first-order chi connectivity index (χ1) is 11.5. The van der Waals surface area contributed by atoms with E-state index in [0.29, 0.717) is 29.9 Å². The van der Waals surface area contributed by atoms with Crippen LogP contribution in [0.2, 0.25) is 0 Å². The van der Waals surface area contributed by atoms with Gasteiger partial charge >= 0.3 is 5.97 Å². The predicted molar refractivity (Wildman–Crippen MR) is 98.4 cm³/mol. The van der Waals surface area contributed by atoms with Crippen molar-refractivity contribution in [2.45, 2.75) is 33.6 Å². The number of thioether (sulfide) groups is 1. The lowest BCUT2D eigenvalue weighted by molar-refractivity contribution is -0.133. The lowest BCUT2D eigenvalue weighted by atomic mass is 9.82. The Morgan fingerprint density at radius 2 is 1.79 bits per heavy atom. The smallest absolute Gasteiger partial charge is 0.334 e. The van der Waals surface area contributed by atoms with Gasteiger partial charge in [-0.25, -0.2) is 4.79 Å². The Kier molecular flexibility index (Phi) is 6.26. The van der Waals surface area contributed by atoms with Crippen LogP contribution in [0, 0.1) is 5.92 Å². The first-order valence-corrected chi connectivity index (χ1v) is 9.23. The molecule has 0 aromatic heterocycles. The predicted octanol–water partition coefficient (Wildman–Crippen LogP) is 4.06. The fourth-order valence-corrected chi connectivity index (χ4v) is 3.75. The zero-order valence-electron chi connectivity index (χ0n) is 14.3. The van der Waals surface area contributed by atoms with Crippen LogP contribution in [0.5, 0.6) is 0 Å². The molecule has 0 saturated carbocycles. The molecule has 128 valence electrons. The zero-order valence-corrected chi connectivity index (χ0v) is 15.1. The summed E-state index contributed by atoms with van der Waals surface area (Å²) in [5.41, 5.74) is 3.15. The molecule has 1 atom stereocenters. The van der Waals surface area contributed by atoms with Gasteiger partial charge in [0.25, 0.3) is 0 Å². The highest BCUT2D eigenvalue weighted by Crippen LogP contribution is 2.38. The molecule has 1 aromatic carbocycles. The molecule has 1 unspecified atom stereocenters. The lowest BCUT2D eigenvalue weighted by Crippen LogP contribution is -2.32. The van der Waals surface area contributed by atoms with Gasteiger partial charge in [-0.15, -0.1) is 0 Å². The first-order valence-electron chi connectivity index (χ1n) is 8.25. The molecule has 0 spiro atoms. The highest BCUT2D eigenvalue weighted by Gasteiger charge is 2.36. The number of benzene rings is 1. The summed E-state index contributed by atoms with van der Waals surface area (Å²) < 4.78 is 0. The van der Waals surface area contributed by atoms with Crippen LogP contribution in [0.25, 0.3) is 5.70 Å². The Morgan fingerprint density at radius 1 is 1.12 bits per heavy atom. The molecule has 4 nitrogen and oxygen atoms in total. The summed E-state index contributed by atoms with van der Waals surface area (Å²) >= 11 is 1.23. The number of carboxylic acids is 1. The van der Waals surface area contributed by atoms with Crippen molar-refractivity contribution in [3.63, 3.8) is 0 Å². The molecule has 2 rings (SSSR count). The normalized spacial score (nSPS) is 17.7. The van der Waals surface area contributed by atoms with E-state index in [-0.39, 0.29) is 16.6 Å². The van der Waals surface area contributed by atoms with Gasteiger partial charge < -0.3 is 10.4 Å². The van der Waals surface area contributed by atoms with Crippen molar-refractivity contribution in [1.82, 2.24) is 5.32 Å². The maximum Gasteiger partial charge on any atom is 0.334 e. The number of dihydropyridines is 1. The van der Waals surface area contributed by atoms with Crippen LogP contribution in [-0.2, 0) is 9.59 Å². The van der Waals surface area contributed by atoms with E-state index >= 15 is 0 Å². The average Bonchev–Trinajstić information content (AvgIpc) is 2.60. The Hall–Kier alpha value is -2.01. The van der Waals surface area contributed by atoms with Crippen LogP contribution in [0.1, 0.15) is 39.2 Å². The number of nitrogens with one attached hydrogen (secondary N) is 1. The highest BCUT2D eigenvalue weighted by molar-refractivity contribution is 8.14. The molecule has 0 saturated heterocycles. The molecule has 5 heteroatoms. The number of allylic oxidation sites excluding steroid dienone is 1. The summed E-state index contributed by atoms with van der Waals surface area (Å²) in [6, 6.07) is 9.44. The number of hydrogen-bond donors (Lipinski definition) is 2. The number of hydrogen-bond acceptors (Lipinski definition) is 4. The third kappa shape index (κ3) is 3.56. The summed E-state index contributed by atoms with van der Waals surface area (Å²) in [5, 5.41) is 13.0. The minimum Gasteiger partial charge on any atom is -0.478 e. The maximum absolute atomic E-state index is 12.6. The van der Waals surface area contributed by atoms with Gasteiger partial charge in [-0.05, 0) is 24.2 Å². The van der Waals surface area contributed by atoms with Gasteiger partial charge in [0.05, 0.1) is 11.3 Å². The molecular weight excluding hydrogens is 322 g/mol. The monoisotopic (exact) mass is 345 g/mol. The van der Waals surface area contributed by atoms with E-state index in [0.717, 1.165) is 11.3 Å². The second-order valence-corrected chi connectivity index (χ2v) is 6.75. The number of rotatable bonds is 6. The second kappa shape index (κ2) is 8.20. The van der Waals surface area contributed by atoms with Gasteiger partial charge in [-0.1, -0.05) is 62.9 Å². The summed E-state index contributed by atoms with van der Waals surface area (Å²) in [4.78, 5) is 24.6. The second-order valence-electron chi connectivity index (χ2n) is 5.51. The number of carboxylic acid groups (broad SMARTS) is 1. The van der Waals surface area contributed by atoms with E-state index in [1.165, 1.54) is 11.8 Å². The Morgan fingerprint density at radius 3 is 2.29 bits per heavy atom. The minimum absolute atomic E-state index is 0.0282. The molecule has 0 radical (unpaired) electrons. The molecule has 1 aromatic rings. The van der Waals surface area contributed by atoms with Crippen molar-refractivity contribution < 1.29 is 14.7 Å².